The van der Waals surface area contributed by atoms with Gasteiger partial charge in [-0.25, -0.2) is 9.37 Å². The molecular weight excluding hydrogens is 961 g/mol. The Balaban J connectivity index is 0.837. The van der Waals surface area contributed by atoms with Crippen molar-refractivity contribution in [3.05, 3.63) is 140 Å². The Kier molecular flexibility index (Phi) is 14.5. The number of aliphatic hydroxyl groups is 1. The number of amides is 2. The van der Waals surface area contributed by atoms with E-state index < -0.39 is 30.0 Å². The summed E-state index contributed by atoms with van der Waals surface area (Å²) in [5, 5.41) is 28.9. The summed E-state index contributed by atoms with van der Waals surface area (Å²) in [5.41, 5.74) is 9.51. The molecule has 14 nitrogen and oxygen atoms in total. The third-order valence-corrected chi connectivity index (χ3v) is 15.7. The van der Waals surface area contributed by atoms with Crippen molar-refractivity contribution >= 4 is 57.6 Å². The van der Waals surface area contributed by atoms with Gasteiger partial charge in [0.05, 0.1) is 46.7 Å². The second-order valence-electron chi connectivity index (χ2n) is 18.7. The van der Waals surface area contributed by atoms with Crippen molar-refractivity contribution < 1.29 is 28.6 Å². The topological polar surface area (TPSA) is 170 Å². The maximum absolute atomic E-state index is 15.2. The number of hydrogen-bond donors (Lipinski definition) is 2. The summed E-state index contributed by atoms with van der Waals surface area (Å²) >= 11 is 9.49. The number of likely N-dealkylation sites (tertiary alicyclic amines) is 1. The fourth-order valence-electron chi connectivity index (χ4n) is 9.44. The fourth-order valence-corrected chi connectivity index (χ4v) is 11.6. The van der Waals surface area contributed by atoms with Crippen LogP contribution in [0, 0.1) is 39.4 Å². The monoisotopic (exact) mass is 1020 g/mol. The lowest BCUT2D eigenvalue weighted by atomic mass is 9.99. The molecule has 9 rings (SSSR count). The third kappa shape index (κ3) is 10.4. The van der Waals surface area contributed by atoms with E-state index in [0.717, 1.165) is 54.0 Å². The Morgan fingerprint density at radius 1 is 0.958 bits per heavy atom. The van der Waals surface area contributed by atoms with Gasteiger partial charge in [-0.15, -0.1) is 32.9 Å². The van der Waals surface area contributed by atoms with Gasteiger partial charge in [-0.05, 0) is 93.5 Å². The molecule has 1 saturated heterocycles. The smallest absolute Gasteiger partial charge is 0.248 e. The van der Waals surface area contributed by atoms with Crippen molar-refractivity contribution in [2.45, 2.75) is 104 Å². The highest BCUT2D eigenvalue weighted by molar-refractivity contribution is 7.15. The number of nitrogens with one attached hydrogen (secondary N) is 1. The number of β-amino-alcohol motifs (C(OH)–C–C–N with tert-alkyl or cyclic N) is 1. The average molecular weight is 1020 g/mol. The number of fused-ring (bicyclic) bond motifs is 3. The van der Waals surface area contributed by atoms with Crippen LogP contribution in [0.25, 0.3) is 26.6 Å². The molecular formula is C53H55ClFN9O5S2. The molecule has 0 spiro atoms. The minimum absolute atomic E-state index is 0.000258. The predicted octanol–water partition coefficient (Wildman–Crippen LogP) is 10.1. The minimum Gasteiger partial charge on any atom is -0.493 e. The molecule has 0 aliphatic carbocycles. The molecule has 2 aliphatic rings. The van der Waals surface area contributed by atoms with Gasteiger partial charge in [-0.3, -0.25) is 28.6 Å². The van der Waals surface area contributed by atoms with Crippen molar-refractivity contribution in [1.29, 1.82) is 0 Å². The quantitative estimate of drug-likeness (QED) is 0.0895. The van der Waals surface area contributed by atoms with Gasteiger partial charge < -0.3 is 20.1 Å². The van der Waals surface area contributed by atoms with Gasteiger partial charge in [0, 0.05) is 64.7 Å². The van der Waals surface area contributed by atoms with Crippen LogP contribution in [0.15, 0.2) is 89.6 Å². The standard InChI is InChI=1S/C53H55ClFN9O5S2/c1-28(2)48(52(68)62-26-42(66)23-45(62)51(67)58-30(4)34-10-12-36(13-11-34)49-31(5)56-27-70-49)63-25-38(24-57-63)37-19-40(55)21-43(20-37)69-18-8-9-41(65)22-44-50-61-60-33(7)64(50)53-46(29(3)32(6)71-53)47(59-44)35-14-16-39(54)17-15-35/h10-17,19-21,24-25,27-28,30,42,44-45,48,66H,8-9,18,22-23,26H2,1-7H3,(H,58,67)/t30-,42+,44-,45-,48-/m0/s1. The SMILES string of the molecule is Cc1ncsc1-c1ccc([C@H](C)NC(=O)[C@@H]2C[C@@H](O)CN2C(=O)[C@H](C(C)C)n2cc(-c3cc(F)cc(OCCCC(=O)C[C@@H]4N=C(c5ccc(Cl)cc5)c5c(sc(C)c5C)-n5c(C)nnc54)c3)cn2)cc1. The number of aryl methyl sites for hydroxylation is 3. The number of ether oxygens (including phenoxy) is 1. The summed E-state index contributed by atoms with van der Waals surface area (Å²) in [6, 6.07) is 17.2. The van der Waals surface area contributed by atoms with Crippen molar-refractivity contribution in [3.63, 3.8) is 0 Å². The van der Waals surface area contributed by atoms with E-state index >= 15 is 4.39 Å². The van der Waals surface area contributed by atoms with Crippen molar-refractivity contribution in [2.75, 3.05) is 13.2 Å². The largest absolute Gasteiger partial charge is 0.493 e. The normalized spacial score (nSPS) is 17.4. The Labute approximate surface area is 424 Å². The number of aliphatic imine (C=N–C) groups is 1. The first kappa shape index (κ1) is 49.6. The summed E-state index contributed by atoms with van der Waals surface area (Å²) in [6.45, 7) is 13.9. The molecule has 368 valence electrons. The zero-order valence-corrected chi connectivity index (χ0v) is 42.9. The fraction of sp³-hybridized carbons (Fsp3) is 0.358. The lowest BCUT2D eigenvalue weighted by Crippen LogP contribution is -2.49. The molecule has 2 amide bonds. The first-order chi connectivity index (χ1) is 34.0. The molecule has 0 radical (unpaired) electrons. The van der Waals surface area contributed by atoms with Crippen molar-refractivity contribution in [1.82, 2.24) is 39.7 Å². The van der Waals surface area contributed by atoms with E-state index in [0.29, 0.717) is 34.2 Å². The number of halogens is 2. The van der Waals surface area contributed by atoms with Gasteiger partial charge >= 0.3 is 0 Å². The molecule has 18 heteroatoms. The van der Waals surface area contributed by atoms with Crippen LogP contribution in [0.1, 0.15) is 109 Å². The van der Waals surface area contributed by atoms with Gasteiger partial charge in [-0.2, -0.15) is 5.10 Å². The summed E-state index contributed by atoms with van der Waals surface area (Å²) < 4.78 is 24.8. The van der Waals surface area contributed by atoms with E-state index in [1.807, 2.05) is 93.2 Å². The number of nitrogens with zero attached hydrogens (tertiary/aromatic N) is 8. The molecule has 71 heavy (non-hydrogen) atoms. The number of aromatic nitrogens is 6. The van der Waals surface area contributed by atoms with Crippen molar-refractivity contribution in [3.8, 4) is 32.3 Å². The number of carbonyl (C=O) groups is 3. The van der Waals surface area contributed by atoms with Gasteiger partial charge in [0.1, 0.15) is 46.3 Å². The number of ketones is 1. The molecule has 0 unspecified atom stereocenters. The predicted molar refractivity (Wildman–Crippen MR) is 274 cm³/mol. The lowest BCUT2D eigenvalue weighted by Gasteiger charge is -2.30. The Bertz CT molecular complexity index is 3140. The minimum atomic E-state index is -0.888. The number of carbonyl (C=O) groups excluding carboxylic acids is 3. The van der Waals surface area contributed by atoms with Gasteiger partial charge in [0.25, 0.3) is 0 Å². The van der Waals surface area contributed by atoms with E-state index in [2.05, 4.69) is 39.4 Å². The molecule has 1 fully saturated rings. The Morgan fingerprint density at radius 3 is 2.42 bits per heavy atom. The molecule has 5 atom stereocenters. The second-order valence-corrected chi connectivity index (χ2v) is 21.2. The maximum atomic E-state index is 15.2. The van der Waals surface area contributed by atoms with Gasteiger partial charge in [0.2, 0.25) is 11.8 Å². The Morgan fingerprint density at radius 2 is 1.70 bits per heavy atom. The van der Waals surface area contributed by atoms with Crippen LogP contribution in [-0.2, 0) is 14.4 Å². The first-order valence-electron chi connectivity index (χ1n) is 23.7. The zero-order chi connectivity index (χ0) is 50.2. The molecule has 6 heterocycles. The number of aliphatic hydroxyl groups excluding tert-OH is 1. The first-order valence-corrected chi connectivity index (χ1v) is 25.8. The third-order valence-electron chi connectivity index (χ3n) is 13.3. The zero-order valence-electron chi connectivity index (χ0n) is 40.5. The van der Waals surface area contributed by atoms with Crippen LogP contribution >= 0.6 is 34.3 Å². The number of rotatable bonds is 16. The summed E-state index contributed by atoms with van der Waals surface area (Å²) in [6.07, 6.45) is 3.15. The highest BCUT2D eigenvalue weighted by atomic mass is 35.5. The summed E-state index contributed by atoms with van der Waals surface area (Å²) in [7, 11) is 0. The van der Waals surface area contributed by atoms with E-state index in [-0.39, 0.29) is 67.7 Å². The lowest BCUT2D eigenvalue weighted by molar-refractivity contribution is -0.142. The molecule has 2 N–H and O–H groups in total. The van der Waals surface area contributed by atoms with Crippen LogP contribution in [0.4, 0.5) is 4.39 Å². The van der Waals surface area contributed by atoms with Crippen LogP contribution in [0.2, 0.25) is 5.02 Å². The number of thiazole rings is 1. The molecule has 0 saturated carbocycles. The van der Waals surface area contributed by atoms with Crippen LogP contribution in [0.5, 0.6) is 5.75 Å². The van der Waals surface area contributed by atoms with Gasteiger partial charge in [0.15, 0.2) is 5.82 Å². The molecule has 2 aliphatic heterocycles. The van der Waals surface area contributed by atoms with E-state index in [9.17, 15) is 19.5 Å². The number of benzene rings is 3. The molecule has 4 aromatic heterocycles. The summed E-state index contributed by atoms with van der Waals surface area (Å²) in [4.78, 5) is 55.2. The molecule has 0 bridgehead atoms. The van der Waals surface area contributed by atoms with Gasteiger partial charge in [-0.1, -0.05) is 61.8 Å². The highest BCUT2D eigenvalue weighted by Crippen LogP contribution is 2.40. The molecule has 3 aromatic carbocycles. The number of thiophene rings is 1. The average Bonchev–Trinajstić information content (AvgIpc) is 4.19. The van der Waals surface area contributed by atoms with Crippen LogP contribution < -0.4 is 10.1 Å². The van der Waals surface area contributed by atoms with Crippen molar-refractivity contribution in [2.24, 2.45) is 10.9 Å². The maximum Gasteiger partial charge on any atom is 0.248 e. The van der Waals surface area contributed by atoms with E-state index in [1.54, 1.807) is 41.1 Å². The highest BCUT2D eigenvalue weighted by Gasteiger charge is 2.43. The Hall–Kier alpha value is -6.40. The van der Waals surface area contributed by atoms with Crippen LogP contribution in [-0.4, -0.2) is 88.1 Å². The van der Waals surface area contributed by atoms with E-state index in [1.165, 1.54) is 21.7 Å². The second kappa shape index (κ2) is 20.7. The van der Waals surface area contributed by atoms with E-state index in [4.69, 9.17) is 21.3 Å². The van der Waals surface area contributed by atoms with Crippen LogP contribution in [0.3, 0.4) is 0 Å². The summed E-state index contributed by atoms with van der Waals surface area (Å²) in [5.74, 6) is 0.0659. The molecule has 7 aromatic rings. The number of hydrogen-bond acceptors (Lipinski definition) is 12. The number of Topliss-reactive ketones (excluding diaryl/α,β-unsaturated/α-hetero) is 1.